The Morgan fingerprint density at radius 2 is 2.00 bits per heavy atom. The maximum atomic E-state index is 5.69. The highest BCUT2D eigenvalue weighted by Gasteiger charge is 2.05. The van der Waals surface area contributed by atoms with E-state index in [1.165, 1.54) is 21.0 Å². The molecule has 0 saturated carbocycles. The van der Waals surface area contributed by atoms with Gasteiger partial charge in [-0.3, -0.25) is 4.99 Å². The third kappa shape index (κ3) is 6.77. The molecule has 26 heavy (non-hydrogen) atoms. The first-order valence-corrected chi connectivity index (χ1v) is 10.1. The minimum atomic E-state index is 0.654. The van der Waals surface area contributed by atoms with Crippen LogP contribution in [0.3, 0.4) is 0 Å². The van der Waals surface area contributed by atoms with Crippen LogP contribution in [-0.4, -0.2) is 31.1 Å². The van der Waals surface area contributed by atoms with Gasteiger partial charge in [0.05, 0.1) is 11.6 Å². The van der Waals surface area contributed by atoms with E-state index >= 15 is 0 Å². The van der Waals surface area contributed by atoms with Crippen LogP contribution in [0, 0.1) is 0 Å². The van der Waals surface area contributed by atoms with Crippen LogP contribution in [0.2, 0.25) is 0 Å². The zero-order valence-electron chi connectivity index (χ0n) is 16.0. The van der Waals surface area contributed by atoms with Crippen LogP contribution in [0.1, 0.15) is 41.3 Å². The van der Waals surface area contributed by atoms with Crippen LogP contribution in [0.4, 0.5) is 0 Å². The smallest absolute Gasteiger partial charge is 0.191 e. The second kappa shape index (κ2) is 11.6. The van der Waals surface area contributed by atoms with Gasteiger partial charge in [0.15, 0.2) is 5.96 Å². The van der Waals surface area contributed by atoms with Crippen molar-refractivity contribution in [3.8, 4) is 0 Å². The van der Waals surface area contributed by atoms with Gasteiger partial charge in [0.1, 0.15) is 0 Å². The van der Waals surface area contributed by atoms with E-state index in [1.54, 1.807) is 18.4 Å². The topological polar surface area (TPSA) is 58.5 Å². The van der Waals surface area contributed by atoms with Crippen molar-refractivity contribution in [1.82, 2.24) is 15.6 Å². The molecule has 5 nitrogen and oxygen atoms in total. The van der Waals surface area contributed by atoms with E-state index in [-0.39, 0.29) is 0 Å². The van der Waals surface area contributed by atoms with Crippen molar-refractivity contribution in [2.24, 2.45) is 4.99 Å². The highest BCUT2D eigenvalue weighted by molar-refractivity contribution is 7.11. The van der Waals surface area contributed by atoms with Crippen molar-refractivity contribution in [1.29, 1.82) is 0 Å². The zero-order chi connectivity index (χ0) is 18.6. The Kier molecular flexibility index (Phi) is 9.14. The molecule has 0 bridgehead atoms. The molecule has 1 heterocycles. The molecule has 6 heteroatoms. The standard InChI is InChI=1S/C20H30N4OS/c1-4-12-25-15-17-9-7-6-8-16(17)13-24-20(21-3)22-11-10-19-23-14-18(5-2)26-19/h6-9,14H,4-5,10-13,15H2,1-3H3,(H2,21,22,24). The second-order valence-corrected chi connectivity index (χ2v) is 7.20. The first-order valence-electron chi connectivity index (χ1n) is 9.29. The summed E-state index contributed by atoms with van der Waals surface area (Å²) in [5.74, 6) is 0.807. The number of rotatable bonds is 10. The van der Waals surface area contributed by atoms with Gasteiger partial charge in [0.25, 0.3) is 0 Å². The number of ether oxygens (including phenoxy) is 1. The number of benzene rings is 1. The third-order valence-electron chi connectivity index (χ3n) is 3.98. The lowest BCUT2D eigenvalue weighted by Crippen LogP contribution is -2.38. The number of hydrogen-bond acceptors (Lipinski definition) is 4. The minimum absolute atomic E-state index is 0.654. The number of aliphatic imine (C=N–C) groups is 1. The Labute approximate surface area is 160 Å². The predicted octanol–water partition coefficient (Wildman–Crippen LogP) is 3.54. The monoisotopic (exact) mass is 374 g/mol. The largest absolute Gasteiger partial charge is 0.377 e. The molecule has 0 radical (unpaired) electrons. The van der Waals surface area contributed by atoms with E-state index < -0.39 is 0 Å². The van der Waals surface area contributed by atoms with Crippen LogP contribution in [0.15, 0.2) is 35.5 Å². The van der Waals surface area contributed by atoms with E-state index in [1.807, 2.05) is 6.20 Å². The van der Waals surface area contributed by atoms with E-state index in [4.69, 9.17) is 4.74 Å². The average molecular weight is 375 g/mol. The number of nitrogens with zero attached hydrogens (tertiary/aromatic N) is 2. The molecule has 2 N–H and O–H groups in total. The summed E-state index contributed by atoms with van der Waals surface area (Å²) in [5, 5.41) is 7.92. The Bertz CT molecular complexity index is 684. The van der Waals surface area contributed by atoms with Crippen LogP contribution in [0.25, 0.3) is 0 Å². The molecule has 1 aromatic heterocycles. The molecular weight excluding hydrogens is 344 g/mol. The molecule has 2 rings (SSSR count). The molecule has 142 valence electrons. The van der Waals surface area contributed by atoms with Crippen molar-refractivity contribution in [3.63, 3.8) is 0 Å². The average Bonchev–Trinajstić information content (AvgIpc) is 3.13. The summed E-state index contributed by atoms with van der Waals surface area (Å²) in [6.45, 7) is 7.27. The summed E-state index contributed by atoms with van der Waals surface area (Å²) in [6.07, 6.45) is 4.98. The van der Waals surface area contributed by atoms with Gasteiger partial charge in [-0.05, 0) is 24.0 Å². The molecule has 1 aromatic carbocycles. The maximum absolute atomic E-state index is 5.69. The number of nitrogens with one attached hydrogen (secondary N) is 2. The summed E-state index contributed by atoms with van der Waals surface area (Å²) < 4.78 is 5.69. The zero-order valence-corrected chi connectivity index (χ0v) is 16.9. The summed E-state index contributed by atoms with van der Waals surface area (Å²) in [6, 6.07) is 8.37. The van der Waals surface area contributed by atoms with E-state index in [0.29, 0.717) is 6.61 Å². The molecule has 0 aliphatic rings. The van der Waals surface area contributed by atoms with Crippen molar-refractivity contribution in [2.75, 3.05) is 20.2 Å². The number of aryl methyl sites for hydroxylation is 1. The first kappa shape index (κ1) is 20.4. The molecule has 0 unspecified atom stereocenters. The molecule has 2 aromatic rings. The fourth-order valence-corrected chi connectivity index (χ4v) is 3.37. The molecule has 0 spiro atoms. The van der Waals surface area contributed by atoms with Gasteiger partial charge in [0.2, 0.25) is 0 Å². The van der Waals surface area contributed by atoms with Crippen LogP contribution in [0.5, 0.6) is 0 Å². The highest BCUT2D eigenvalue weighted by Crippen LogP contribution is 2.13. The fraction of sp³-hybridized carbons (Fsp3) is 0.500. The van der Waals surface area contributed by atoms with Crippen LogP contribution >= 0.6 is 11.3 Å². The molecule has 0 saturated heterocycles. The number of thiazole rings is 1. The molecule has 0 aliphatic heterocycles. The number of aromatic nitrogens is 1. The second-order valence-electron chi connectivity index (χ2n) is 6.00. The lowest BCUT2D eigenvalue weighted by molar-refractivity contribution is 0.121. The summed E-state index contributed by atoms with van der Waals surface area (Å²) >= 11 is 1.79. The van der Waals surface area contributed by atoms with Crippen molar-refractivity contribution in [2.45, 2.75) is 46.3 Å². The lowest BCUT2D eigenvalue weighted by atomic mass is 10.1. The Balaban J connectivity index is 1.79. The van der Waals surface area contributed by atoms with Gasteiger partial charge in [-0.15, -0.1) is 11.3 Å². The Morgan fingerprint density at radius 1 is 1.19 bits per heavy atom. The maximum Gasteiger partial charge on any atom is 0.191 e. The van der Waals surface area contributed by atoms with Crippen molar-refractivity contribution in [3.05, 3.63) is 51.5 Å². The van der Waals surface area contributed by atoms with Crippen LogP contribution in [-0.2, 0) is 30.7 Å². The normalized spacial score (nSPS) is 11.6. The quantitative estimate of drug-likeness (QED) is 0.379. The van der Waals surface area contributed by atoms with Gasteiger partial charge >= 0.3 is 0 Å². The van der Waals surface area contributed by atoms with Gasteiger partial charge in [-0.25, -0.2) is 4.98 Å². The summed E-state index contributed by atoms with van der Waals surface area (Å²) in [7, 11) is 1.80. The summed E-state index contributed by atoms with van der Waals surface area (Å²) in [5.41, 5.74) is 2.46. The van der Waals surface area contributed by atoms with Crippen molar-refractivity contribution >= 4 is 17.3 Å². The highest BCUT2D eigenvalue weighted by atomic mass is 32.1. The van der Waals surface area contributed by atoms with E-state index in [9.17, 15) is 0 Å². The SMILES string of the molecule is CCCOCc1ccccc1CNC(=NC)NCCc1ncc(CC)s1. The molecule has 0 atom stereocenters. The summed E-state index contributed by atoms with van der Waals surface area (Å²) in [4.78, 5) is 10.1. The van der Waals surface area contributed by atoms with Crippen molar-refractivity contribution < 1.29 is 4.74 Å². The van der Waals surface area contributed by atoms with Gasteiger partial charge in [0, 0.05) is 44.2 Å². The lowest BCUT2D eigenvalue weighted by Gasteiger charge is -2.14. The molecular formula is C20H30N4OS. The van der Waals surface area contributed by atoms with E-state index in [2.05, 4.69) is 58.7 Å². The van der Waals surface area contributed by atoms with Crippen LogP contribution < -0.4 is 10.6 Å². The first-order chi connectivity index (χ1) is 12.8. The predicted molar refractivity (Wildman–Crippen MR) is 110 cm³/mol. The molecule has 0 amide bonds. The molecule has 0 fully saturated rings. The fourth-order valence-electron chi connectivity index (χ4n) is 2.51. The van der Waals surface area contributed by atoms with E-state index in [0.717, 1.165) is 44.9 Å². The Morgan fingerprint density at radius 3 is 2.69 bits per heavy atom. The number of hydrogen-bond donors (Lipinski definition) is 2. The van der Waals surface area contributed by atoms with Gasteiger partial charge in [-0.1, -0.05) is 38.1 Å². The number of guanidine groups is 1. The van der Waals surface area contributed by atoms with Gasteiger partial charge in [-0.2, -0.15) is 0 Å². The minimum Gasteiger partial charge on any atom is -0.377 e. The molecule has 0 aliphatic carbocycles. The Hall–Kier alpha value is -1.92. The third-order valence-corrected chi connectivity index (χ3v) is 5.18. The van der Waals surface area contributed by atoms with Gasteiger partial charge < -0.3 is 15.4 Å².